The molecule has 1 amide bonds. The normalized spacial score (nSPS) is 18.5. The van der Waals surface area contributed by atoms with Crippen LogP contribution in [-0.2, 0) is 4.79 Å². The molecule has 1 saturated carbocycles. The smallest absolute Gasteiger partial charge is 0.222 e. The molecule has 156 valence electrons. The van der Waals surface area contributed by atoms with E-state index in [0.29, 0.717) is 11.8 Å². The van der Waals surface area contributed by atoms with Gasteiger partial charge in [0.25, 0.3) is 0 Å². The fraction of sp³-hybridized carbons (Fsp3) is 0.565. The summed E-state index contributed by atoms with van der Waals surface area (Å²) in [4.78, 5) is 17.1. The Morgan fingerprint density at radius 1 is 1.07 bits per heavy atom. The Morgan fingerprint density at radius 3 is 2.62 bits per heavy atom. The number of H-pyrrole nitrogens is 1. The Bertz CT molecular complexity index is 795. The number of amides is 1. The minimum absolute atomic E-state index is 0.347. The van der Waals surface area contributed by atoms with Crippen molar-refractivity contribution in [2.75, 3.05) is 38.2 Å². The maximum atomic E-state index is 12.8. The number of hydrogen-bond donors (Lipinski definition) is 1. The molecule has 0 unspecified atom stereocenters. The molecule has 6 nitrogen and oxygen atoms in total. The van der Waals surface area contributed by atoms with Gasteiger partial charge in [-0.15, -0.1) is 0 Å². The summed E-state index contributed by atoms with van der Waals surface area (Å²) in [5.41, 5.74) is 2.08. The second kappa shape index (κ2) is 9.33. The first-order valence-corrected chi connectivity index (χ1v) is 11.0. The van der Waals surface area contributed by atoms with Crippen molar-refractivity contribution in [3.8, 4) is 17.0 Å². The average Bonchev–Trinajstić information content (AvgIpc) is 3.12. The molecule has 2 fully saturated rings. The predicted molar refractivity (Wildman–Crippen MR) is 115 cm³/mol. The lowest BCUT2D eigenvalue weighted by molar-refractivity contribution is -0.132. The standard InChI is InChI=1S/C23H32N4O2/c1-29-20-10-8-19(9-11-20)21-17-22(25-24-21)26-12-5-13-27(15-14-26)23(28)16-18-6-3-2-4-7-18/h8-11,17-18H,2-7,12-16H2,1H3,(H,24,25). The van der Waals surface area contributed by atoms with Gasteiger partial charge in [-0.2, -0.15) is 5.10 Å². The fourth-order valence-electron chi connectivity index (χ4n) is 4.55. The summed E-state index contributed by atoms with van der Waals surface area (Å²) in [6, 6.07) is 10.1. The third kappa shape index (κ3) is 4.92. The number of rotatable bonds is 5. The number of carbonyl (C=O) groups is 1. The first-order valence-electron chi connectivity index (χ1n) is 11.0. The van der Waals surface area contributed by atoms with Crippen LogP contribution in [0.4, 0.5) is 5.82 Å². The quantitative estimate of drug-likeness (QED) is 0.827. The number of ether oxygens (including phenoxy) is 1. The molecule has 0 atom stereocenters. The molecular weight excluding hydrogens is 364 g/mol. The molecule has 2 aliphatic rings. The van der Waals surface area contributed by atoms with E-state index in [1.54, 1.807) is 7.11 Å². The summed E-state index contributed by atoms with van der Waals surface area (Å²) in [7, 11) is 1.67. The lowest BCUT2D eigenvalue weighted by Crippen LogP contribution is -2.36. The number of carbonyl (C=O) groups excluding carboxylic acids is 1. The van der Waals surface area contributed by atoms with Gasteiger partial charge in [-0.3, -0.25) is 9.89 Å². The van der Waals surface area contributed by atoms with Gasteiger partial charge < -0.3 is 14.5 Å². The van der Waals surface area contributed by atoms with Gasteiger partial charge in [0.1, 0.15) is 5.75 Å². The van der Waals surface area contributed by atoms with Gasteiger partial charge in [0.05, 0.1) is 12.8 Å². The Hall–Kier alpha value is -2.50. The fourth-order valence-corrected chi connectivity index (χ4v) is 4.55. The lowest BCUT2D eigenvalue weighted by atomic mass is 9.86. The zero-order valence-corrected chi connectivity index (χ0v) is 17.4. The highest BCUT2D eigenvalue weighted by Crippen LogP contribution is 2.28. The molecule has 2 heterocycles. The van der Waals surface area contributed by atoms with E-state index in [2.05, 4.69) is 26.1 Å². The molecule has 2 aromatic rings. The minimum atomic E-state index is 0.347. The number of aromatic amines is 1. The van der Waals surface area contributed by atoms with Crippen LogP contribution in [0.15, 0.2) is 30.3 Å². The monoisotopic (exact) mass is 396 g/mol. The molecule has 1 aliphatic carbocycles. The number of hydrogen-bond acceptors (Lipinski definition) is 4. The van der Waals surface area contributed by atoms with Crippen LogP contribution in [0.3, 0.4) is 0 Å². The van der Waals surface area contributed by atoms with Crippen LogP contribution in [0.25, 0.3) is 11.3 Å². The molecular formula is C23H32N4O2. The first kappa shape index (κ1) is 19.8. The van der Waals surface area contributed by atoms with Crippen LogP contribution in [-0.4, -0.2) is 54.3 Å². The van der Waals surface area contributed by atoms with Crippen molar-refractivity contribution < 1.29 is 9.53 Å². The number of methoxy groups -OCH3 is 1. The van der Waals surface area contributed by atoms with Crippen molar-refractivity contribution in [2.24, 2.45) is 5.92 Å². The molecule has 29 heavy (non-hydrogen) atoms. The largest absolute Gasteiger partial charge is 0.497 e. The number of aromatic nitrogens is 2. The predicted octanol–water partition coefficient (Wildman–Crippen LogP) is 4.09. The molecule has 1 saturated heterocycles. The molecule has 1 aromatic heterocycles. The SMILES string of the molecule is COc1ccc(-c2cc(N3CCCN(C(=O)CC4CCCCC4)CC3)n[nH]2)cc1. The van der Waals surface area contributed by atoms with Crippen LogP contribution in [0, 0.1) is 5.92 Å². The van der Waals surface area contributed by atoms with Gasteiger partial charge in [-0.1, -0.05) is 19.3 Å². The van der Waals surface area contributed by atoms with Crippen LogP contribution >= 0.6 is 0 Å². The molecule has 0 spiro atoms. The first-order chi connectivity index (χ1) is 14.2. The van der Waals surface area contributed by atoms with E-state index in [-0.39, 0.29) is 0 Å². The van der Waals surface area contributed by atoms with E-state index in [1.165, 1.54) is 32.1 Å². The molecule has 4 rings (SSSR count). The van der Waals surface area contributed by atoms with Crippen LogP contribution < -0.4 is 9.64 Å². The Kier molecular flexibility index (Phi) is 6.37. The zero-order valence-electron chi connectivity index (χ0n) is 17.4. The molecule has 1 aliphatic heterocycles. The number of nitrogens with zero attached hydrogens (tertiary/aromatic N) is 3. The van der Waals surface area contributed by atoms with Gasteiger partial charge in [0.2, 0.25) is 5.91 Å². The van der Waals surface area contributed by atoms with E-state index >= 15 is 0 Å². The lowest BCUT2D eigenvalue weighted by Gasteiger charge is -2.26. The van der Waals surface area contributed by atoms with Crippen molar-refractivity contribution in [1.29, 1.82) is 0 Å². The Labute approximate surface area is 173 Å². The molecule has 1 aromatic carbocycles. The van der Waals surface area contributed by atoms with Crippen LogP contribution in [0.2, 0.25) is 0 Å². The highest BCUT2D eigenvalue weighted by atomic mass is 16.5. The van der Waals surface area contributed by atoms with Gasteiger partial charge >= 0.3 is 0 Å². The highest BCUT2D eigenvalue weighted by Gasteiger charge is 2.24. The Morgan fingerprint density at radius 2 is 1.86 bits per heavy atom. The highest BCUT2D eigenvalue weighted by molar-refractivity contribution is 5.76. The number of nitrogens with one attached hydrogen (secondary N) is 1. The minimum Gasteiger partial charge on any atom is -0.497 e. The maximum absolute atomic E-state index is 12.8. The second-order valence-corrected chi connectivity index (χ2v) is 8.30. The maximum Gasteiger partial charge on any atom is 0.222 e. The van der Waals surface area contributed by atoms with Crippen molar-refractivity contribution in [1.82, 2.24) is 15.1 Å². The third-order valence-electron chi connectivity index (χ3n) is 6.33. The van der Waals surface area contributed by atoms with Crippen molar-refractivity contribution >= 4 is 11.7 Å². The van der Waals surface area contributed by atoms with E-state index < -0.39 is 0 Å². The summed E-state index contributed by atoms with van der Waals surface area (Å²) in [5.74, 6) is 2.75. The average molecular weight is 397 g/mol. The molecule has 1 N–H and O–H groups in total. The van der Waals surface area contributed by atoms with Gasteiger partial charge in [-0.25, -0.2) is 0 Å². The van der Waals surface area contributed by atoms with Crippen LogP contribution in [0.1, 0.15) is 44.9 Å². The molecule has 0 radical (unpaired) electrons. The zero-order chi connectivity index (χ0) is 20.1. The van der Waals surface area contributed by atoms with Crippen LogP contribution in [0.5, 0.6) is 5.75 Å². The summed E-state index contributed by atoms with van der Waals surface area (Å²) in [5, 5.41) is 7.68. The van der Waals surface area contributed by atoms with E-state index in [0.717, 1.165) is 61.8 Å². The number of anilines is 1. The summed E-state index contributed by atoms with van der Waals surface area (Å²) >= 11 is 0. The molecule has 6 heteroatoms. The second-order valence-electron chi connectivity index (χ2n) is 8.30. The Balaban J connectivity index is 1.34. The van der Waals surface area contributed by atoms with Crippen molar-refractivity contribution in [3.05, 3.63) is 30.3 Å². The summed E-state index contributed by atoms with van der Waals surface area (Å²) in [6.45, 7) is 3.41. The number of benzene rings is 1. The van der Waals surface area contributed by atoms with E-state index in [1.807, 2.05) is 24.3 Å². The molecule has 0 bridgehead atoms. The van der Waals surface area contributed by atoms with Crippen molar-refractivity contribution in [2.45, 2.75) is 44.9 Å². The third-order valence-corrected chi connectivity index (χ3v) is 6.33. The van der Waals surface area contributed by atoms with Gasteiger partial charge in [0, 0.05) is 38.7 Å². The topological polar surface area (TPSA) is 61.5 Å². The van der Waals surface area contributed by atoms with E-state index in [4.69, 9.17) is 4.74 Å². The summed E-state index contributed by atoms with van der Waals surface area (Å²) in [6.07, 6.45) is 8.11. The van der Waals surface area contributed by atoms with E-state index in [9.17, 15) is 4.79 Å². The van der Waals surface area contributed by atoms with Crippen molar-refractivity contribution in [3.63, 3.8) is 0 Å². The summed E-state index contributed by atoms with van der Waals surface area (Å²) < 4.78 is 5.23. The van der Waals surface area contributed by atoms with Gasteiger partial charge in [-0.05, 0) is 55.0 Å². The van der Waals surface area contributed by atoms with Gasteiger partial charge in [0.15, 0.2) is 5.82 Å².